The van der Waals surface area contributed by atoms with Gasteiger partial charge >= 0.3 is 0 Å². The van der Waals surface area contributed by atoms with Crippen LogP contribution in [-0.2, 0) is 6.42 Å². The van der Waals surface area contributed by atoms with E-state index in [1.807, 2.05) is 0 Å². The van der Waals surface area contributed by atoms with Crippen molar-refractivity contribution in [1.82, 2.24) is 0 Å². The lowest BCUT2D eigenvalue weighted by Crippen LogP contribution is -2.42. The van der Waals surface area contributed by atoms with Gasteiger partial charge < -0.3 is 4.90 Å². The van der Waals surface area contributed by atoms with Crippen molar-refractivity contribution in [3.63, 3.8) is 0 Å². The van der Waals surface area contributed by atoms with Crippen LogP contribution in [0.4, 0.5) is 5.69 Å². The van der Waals surface area contributed by atoms with Crippen LogP contribution in [0, 0.1) is 17.2 Å². The maximum absolute atomic E-state index is 8.97. The SMILES string of the molecule is N#CCN1c2ccccc2C[C@H]2CCC[C@@H]21. The van der Waals surface area contributed by atoms with Crippen LogP contribution in [0.3, 0.4) is 0 Å². The quantitative estimate of drug-likeness (QED) is 0.669. The van der Waals surface area contributed by atoms with Crippen molar-refractivity contribution in [1.29, 1.82) is 5.26 Å². The number of benzene rings is 1. The van der Waals surface area contributed by atoms with E-state index in [4.69, 9.17) is 5.26 Å². The molecule has 0 aromatic heterocycles. The van der Waals surface area contributed by atoms with E-state index in [-0.39, 0.29) is 0 Å². The summed E-state index contributed by atoms with van der Waals surface area (Å²) in [4.78, 5) is 2.33. The van der Waals surface area contributed by atoms with Crippen LogP contribution in [-0.4, -0.2) is 12.6 Å². The van der Waals surface area contributed by atoms with Crippen LogP contribution in [0.2, 0.25) is 0 Å². The second-order valence-corrected chi connectivity index (χ2v) is 4.88. The Labute approximate surface area is 96.5 Å². The van der Waals surface area contributed by atoms with E-state index in [0.29, 0.717) is 12.6 Å². The minimum absolute atomic E-state index is 0.540. The highest BCUT2D eigenvalue weighted by Gasteiger charge is 2.36. The highest BCUT2D eigenvalue weighted by Crippen LogP contribution is 2.41. The fourth-order valence-corrected chi connectivity index (χ4v) is 3.37. The molecule has 82 valence electrons. The number of nitrogens with zero attached hydrogens (tertiary/aromatic N) is 2. The Hall–Kier alpha value is -1.49. The van der Waals surface area contributed by atoms with Gasteiger partial charge in [-0.3, -0.25) is 0 Å². The Kier molecular flexibility index (Phi) is 2.32. The van der Waals surface area contributed by atoms with Gasteiger partial charge in [-0.05, 0) is 36.8 Å². The molecule has 0 unspecified atom stereocenters. The smallest absolute Gasteiger partial charge is 0.106 e. The first-order valence-corrected chi connectivity index (χ1v) is 6.11. The van der Waals surface area contributed by atoms with E-state index in [1.54, 1.807) is 0 Å². The summed E-state index contributed by atoms with van der Waals surface area (Å²) < 4.78 is 0. The first kappa shape index (κ1) is 9.72. The molecule has 2 nitrogen and oxygen atoms in total. The van der Waals surface area contributed by atoms with E-state index in [9.17, 15) is 0 Å². The van der Waals surface area contributed by atoms with Crippen molar-refractivity contribution in [2.75, 3.05) is 11.4 Å². The average Bonchev–Trinajstić information content (AvgIpc) is 2.77. The van der Waals surface area contributed by atoms with Crippen LogP contribution < -0.4 is 4.90 Å². The molecule has 0 N–H and O–H groups in total. The standard InChI is InChI=1S/C14H16N2/c15-8-9-16-13-6-2-1-4-11(13)10-12-5-3-7-14(12)16/h1-2,4,6,12,14H,3,5,7,9-10H2/t12-,14+/m1/s1. The largest absolute Gasteiger partial charge is 0.355 e. The zero-order valence-corrected chi connectivity index (χ0v) is 9.39. The number of nitriles is 1. The van der Waals surface area contributed by atoms with Crippen molar-refractivity contribution in [2.45, 2.75) is 31.7 Å². The molecule has 2 heteroatoms. The van der Waals surface area contributed by atoms with Gasteiger partial charge in [0.05, 0.1) is 6.07 Å². The van der Waals surface area contributed by atoms with Crippen molar-refractivity contribution in [2.24, 2.45) is 5.92 Å². The fourth-order valence-electron chi connectivity index (χ4n) is 3.37. The van der Waals surface area contributed by atoms with Crippen LogP contribution >= 0.6 is 0 Å². The maximum Gasteiger partial charge on any atom is 0.106 e. The summed E-state index contributed by atoms with van der Waals surface area (Å²) in [5.74, 6) is 0.781. The summed E-state index contributed by atoms with van der Waals surface area (Å²) in [6.07, 6.45) is 5.13. The normalized spacial score (nSPS) is 27.1. The zero-order valence-electron chi connectivity index (χ0n) is 9.39. The highest BCUT2D eigenvalue weighted by molar-refractivity contribution is 5.57. The molecule has 0 spiro atoms. The second-order valence-electron chi connectivity index (χ2n) is 4.88. The highest BCUT2D eigenvalue weighted by atomic mass is 15.2. The maximum atomic E-state index is 8.97. The number of rotatable bonds is 1. The third-order valence-electron chi connectivity index (χ3n) is 4.04. The van der Waals surface area contributed by atoms with E-state index in [0.717, 1.165) is 5.92 Å². The summed E-state index contributed by atoms with van der Waals surface area (Å²) in [7, 11) is 0. The molecule has 2 atom stereocenters. The molecule has 0 radical (unpaired) electrons. The summed E-state index contributed by atoms with van der Waals surface area (Å²) >= 11 is 0. The molecule has 1 heterocycles. The summed E-state index contributed by atoms with van der Waals surface area (Å²) in [5.41, 5.74) is 2.73. The van der Waals surface area contributed by atoms with Gasteiger partial charge in [0, 0.05) is 11.7 Å². The third kappa shape index (κ3) is 1.39. The van der Waals surface area contributed by atoms with E-state index < -0.39 is 0 Å². The van der Waals surface area contributed by atoms with Crippen molar-refractivity contribution in [3.05, 3.63) is 29.8 Å². The van der Waals surface area contributed by atoms with Gasteiger partial charge in [0.1, 0.15) is 6.54 Å². The lowest BCUT2D eigenvalue weighted by molar-refractivity contribution is 0.435. The molecule has 1 saturated carbocycles. The Bertz CT molecular complexity index is 433. The minimum atomic E-state index is 0.540. The average molecular weight is 212 g/mol. The van der Waals surface area contributed by atoms with Gasteiger partial charge in [-0.15, -0.1) is 0 Å². The molecule has 16 heavy (non-hydrogen) atoms. The number of hydrogen-bond acceptors (Lipinski definition) is 2. The molecule has 2 aliphatic rings. The first-order chi connectivity index (χ1) is 7.90. The summed E-state index contributed by atoms with van der Waals surface area (Å²) in [5, 5.41) is 8.97. The second kappa shape index (κ2) is 3.83. The van der Waals surface area contributed by atoms with Crippen LogP contribution in [0.1, 0.15) is 24.8 Å². The number of fused-ring (bicyclic) bond motifs is 2. The van der Waals surface area contributed by atoms with Crippen LogP contribution in [0.25, 0.3) is 0 Å². The number of para-hydroxylation sites is 1. The molecule has 0 amide bonds. The van der Waals surface area contributed by atoms with Crippen molar-refractivity contribution in [3.8, 4) is 6.07 Å². The number of hydrogen-bond donors (Lipinski definition) is 0. The molecule has 1 aromatic carbocycles. The minimum Gasteiger partial charge on any atom is -0.355 e. The third-order valence-corrected chi connectivity index (χ3v) is 4.04. The fraction of sp³-hybridized carbons (Fsp3) is 0.500. The van der Waals surface area contributed by atoms with E-state index >= 15 is 0 Å². The van der Waals surface area contributed by atoms with Gasteiger partial charge in [-0.25, -0.2) is 0 Å². The molecule has 0 bridgehead atoms. The van der Waals surface area contributed by atoms with E-state index in [1.165, 1.54) is 36.9 Å². The van der Waals surface area contributed by atoms with Gasteiger partial charge in [0.2, 0.25) is 0 Å². The zero-order chi connectivity index (χ0) is 11.0. The summed E-state index contributed by atoms with van der Waals surface area (Å²) in [6.45, 7) is 0.540. The van der Waals surface area contributed by atoms with Crippen molar-refractivity contribution < 1.29 is 0 Å². The molecule has 0 saturated heterocycles. The van der Waals surface area contributed by atoms with Gasteiger partial charge in [0.25, 0.3) is 0 Å². The summed E-state index contributed by atoms with van der Waals surface area (Å²) in [6, 6.07) is 11.5. The molecule has 3 rings (SSSR count). The van der Waals surface area contributed by atoms with Gasteiger partial charge in [0.15, 0.2) is 0 Å². The predicted molar refractivity (Wildman–Crippen MR) is 64.2 cm³/mol. The molecule has 1 aliphatic heterocycles. The van der Waals surface area contributed by atoms with Crippen LogP contribution in [0.5, 0.6) is 0 Å². The number of anilines is 1. The van der Waals surface area contributed by atoms with Gasteiger partial charge in [-0.2, -0.15) is 5.26 Å². The molecular weight excluding hydrogens is 196 g/mol. The Morgan fingerprint density at radius 1 is 1.31 bits per heavy atom. The Morgan fingerprint density at radius 2 is 2.19 bits per heavy atom. The molecule has 1 aromatic rings. The predicted octanol–water partition coefficient (Wildman–Crippen LogP) is 2.74. The van der Waals surface area contributed by atoms with E-state index in [2.05, 4.69) is 35.2 Å². The lowest BCUT2D eigenvalue weighted by atomic mass is 9.88. The first-order valence-electron chi connectivity index (χ1n) is 6.11. The monoisotopic (exact) mass is 212 g/mol. The Morgan fingerprint density at radius 3 is 3.06 bits per heavy atom. The van der Waals surface area contributed by atoms with Crippen LogP contribution in [0.15, 0.2) is 24.3 Å². The molecular formula is C14H16N2. The topological polar surface area (TPSA) is 27.0 Å². The molecule has 1 aliphatic carbocycles. The molecule has 1 fully saturated rings. The Balaban J connectivity index is 2.02. The van der Waals surface area contributed by atoms with Gasteiger partial charge in [-0.1, -0.05) is 24.6 Å². The lowest BCUT2D eigenvalue weighted by Gasteiger charge is -2.39. The van der Waals surface area contributed by atoms with Crippen molar-refractivity contribution >= 4 is 5.69 Å².